The monoisotopic (exact) mass is 1020 g/mol. The molecule has 2 aromatic carbocycles. The van der Waals surface area contributed by atoms with Gasteiger partial charge in [-0.3, -0.25) is 14.6 Å². The molecule has 0 spiro atoms. The Balaban J connectivity index is 0.930. The number of benzene rings is 2. The van der Waals surface area contributed by atoms with E-state index in [-0.39, 0.29) is 48.2 Å². The fourth-order valence-corrected chi connectivity index (χ4v) is 13.1. The summed E-state index contributed by atoms with van der Waals surface area (Å²) in [6.07, 6.45) is 14.1. The molecule has 364 valence electrons. The van der Waals surface area contributed by atoms with Crippen molar-refractivity contribution < 1.29 is 15.0 Å². The van der Waals surface area contributed by atoms with Gasteiger partial charge in [0.05, 0.1) is 48.2 Å². The van der Waals surface area contributed by atoms with E-state index in [4.69, 9.17) is 76.5 Å². The summed E-state index contributed by atoms with van der Waals surface area (Å²) in [5.74, 6) is -0.611. The number of halogens is 4. The molecule has 70 heavy (non-hydrogen) atoms. The van der Waals surface area contributed by atoms with Gasteiger partial charge in [0, 0.05) is 44.8 Å². The molecule has 14 nitrogen and oxygen atoms in total. The molecule has 9 atom stereocenters. The highest BCUT2D eigenvalue weighted by molar-refractivity contribution is 6.35. The second-order valence-electron chi connectivity index (χ2n) is 19.8. The Labute approximate surface area is 426 Å². The van der Waals surface area contributed by atoms with E-state index in [0.29, 0.717) is 80.7 Å². The standard InChI is InChI=1S/C52H55Cl4N11O3/c1-27-16-32(7-13-44(27)64-15-5-6-36(64)26-68)43-24-59-49-41(22-57)63-67(51(49)61-43)46(38-12-10-35(54)21-40(38)56)18-31-19-47(52(69)70)65(25-31)45-14-8-33(17-28(45)2)42-23-58-48-29(3)62-66(50(48)60-42)30(4)37-11-9-34(53)20-39(37)55/h8-12,16,20-21,23-24,27-28,30-31,36,44-47,68H,5-7,13-15,17-19,25-26H2,1-4H3,(H,69,70). The van der Waals surface area contributed by atoms with Crippen LogP contribution in [-0.4, -0.2) is 109 Å². The van der Waals surface area contributed by atoms with Crippen molar-refractivity contribution in [3.8, 4) is 6.07 Å². The van der Waals surface area contributed by atoms with Crippen LogP contribution >= 0.6 is 46.4 Å². The molecule has 0 saturated carbocycles. The lowest BCUT2D eigenvalue weighted by atomic mass is 9.83. The van der Waals surface area contributed by atoms with Crippen molar-refractivity contribution >= 4 is 85.8 Å². The fraction of sp³-hybridized carbons (Fsp3) is 0.462. The molecular weight excluding hydrogens is 968 g/mol. The van der Waals surface area contributed by atoms with Crippen molar-refractivity contribution in [2.24, 2.45) is 17.8 Å². The Kier molecular flexibility index (Phi) is 13.8. The second kappa shape index (κ2) is 19.9. The van der Waals surface area contributed by atoms with Crippen LogP contribution in [0.15, 0.2) is 60.9 Å². The highest BCUT2D eigenvalue weighted by atomic mass is 35.5. The third kappa shape index (κ3) is 9.12. The van der Waals surface area contributed by atoms with Crippen LogP contribution in [-0.2, 0) is 4.79 Å². The summed E-state index contributed by atoms with van der Waals surface area (Å²) in [6, 6.07) is 12.1. The van der Waals surface area contributed by atoms with Crippen molar-refractivity contribution in [1.82, 2.24) is 49.3 Å². The molecule has 2 aliphatic carbocycles. The van der Waals surface area contributed by atoms with E-state index in [2.05, 4.69) is 41.9 Å². The Bertz CT molecular complexity index is 3110. The molecule has 2 fully saturated rings. The molecule has 2 N–H and O–H groups in total. The molecule has 18 heteroatoms. The lowest BCUT2D eigenvalue weighted by molar-refractivity contribution is -0.143. The van der Waals surface area contributed by atoms with Gasteiger partial charge in [-0.05, 0) is 136 Å². The van der Waals surface area contributed by atoms with Crippen molar-refractivity contribution in [3.63, 3.8) is 0 Å². The number of aliphatic hydroxyl groups excluding tert-OH is 1. The van der Waals surface area contributed by atoms with Gasteiger partial charge in [-0.25, -0.2) is 29.3 Å². The van der Waals surface area contributed by atoms with Crippen LogP contribution < -0.4 is 0 Å². The maximum absolute atomic E-state index is 13.2. The zero-order valence-corrected chi connectivity index (χ0v) is 42.5. The minimum atomic E-state index is -0.860. The van der Waals surface area contributed by atoms with E-state index in [0.717, 1.165) is 71.6 Å². The molecule has 10 rings (SSSR count). The van der Waals surface area contributed by atoms with Gasteiger partial charge in [-0.15, -0.1) is 0 Å². The lowest BCUT2D eigenvalue weighted by Gasteiger charge is -2.38. The quantitative estimate of drug-likeness (QED) is 0.119. The summed E-state index contributed by atoms with van der Waals surface area (Å²) in [7, 11) is 0. The number of fused-ring (bicyclic) bond motifs is 2. The third-order valence-electron chi connectivity index (χ3n) is 15.5. The van der Waals surface area contributed by atoms with Crippen LogP contribution in [0.4, 0.5) is 0 Å². The van der Waals surface area contributed by atoms with Gasteiger partial charge in [0.25, 0.3) is 0 Å². The van der Waals surface area contributed by atoms with Crippen LogP contribution in [0, 0.1) is 36.0 Å². The Morgan fingerprint density at radius 3 is 2.23 bits per heavy atom. The third-order valence-corrected chi connectivity index (χ3v) is 16.6. The number of aryl methyl sites for hydroxylation is 1. The van der Waals surface area contributed by atoms with Crippen LogP contribution in [0.1, 0.15) is 118 Å². The highest BCUT2D eigenvalue weighted by Crippen LogP contribution is 2.43. The van der Waals surface area contributed by atoms with E-state index in [1.54, 1.807) is 29.1 Å². The number of nitrogens with zero attached hydrogens (tertiary/aromatic N) is 11. The predicted molar refractivity (Wildman–Crippen MR) is 273 cm³/mol. The van der Waals surface area contributed by atoms with E-state index in [1.807, 2.05) is 42.9 Å². The van der Waals surface area contributed by atoms with Crippen LogP contribution in [0.3, 0.4) is 0 Å². The number of carboxylic acids is 1. The number of hydrogen-bond acceptors (Lipinski definition) is 11. The fourth-order valence-electron chi connectivity index (χ4n) is 12.0. The average molecular weight is 1020 g/mol. The SMILES string of the molecule is Cc1nn(C(C)c2ccc(Cl)cc2Cl)c2nc(C3=CCC(N4CC(CC(c5ccc(Cl)cc5Cl)n5nc(C#N)c6ncc(C7=CC(C)C(N8CCCC8CO)CC7)nc65)CC4C(=O)O)C(C)C3)cnc12. The van der Waals surface area contributed by atoms with Gasteiger partial charge in [0.1, 0.15) is 23.1 Å². The molecule has 0 amide bonds. The molecule has 4 aliphatic rings. The largest absolute Gasteiger partial charge is 0.480 e. The number of aliphatic carboxylic acids is 1. The molecule has 2 aliphatic heterocycles. The topological polar surface area (TPSA) is 175 Å². The normalized spacial score (nSPS) is 25.3. The summed E-state index contributed by atoms with van der Waals surface area (Å²) in [5.41, 5.74) is 8.39. The van der Waals surface area contributed by atoms with Gasteiger partial charge in [-0.1, -0.05) is 84.5 Å². The number of allylic oxidation sites excluding steroid dienone is 2. The highest BCUT2D eigenvalue weighted by Gasteiger charge is 2.44. The molecule has 2 saturated heterocycles. The Morgan fingerprint density at radius 1 is 0.886 bits per heavy atom. The first-order valence-corrected chi connectivity index (χ1v) is 25.7. The number of carbonyl (C=O) groups is 1. The lowest BCUT2D eigenvalue weighted by Crippen LogP contribution is -2.47. The van der Waals surface area contributed by atoms with Crippen LogP contribution in [0.25, 0.3) is 33.5 Å². The van der Waals surface area contributed by atoms with Crippen molar-refractivity contribution in [1.29, 1.82) is 5.26 Å². The number of aromatic nitrogens is 8. The molecule has 6 heterocycles. The Morgan fingerprint density at radius 2 is 1.57 bits per heavy atom. The summed E-state index contributed by atoms with van der Waals surface area (Å²) in [6.45, 7) is 10.1. The summed E-state index contributed by atoms with van der Waals surface area (Å²) in [5, 5.41) is 43.0. The van der Waals surface area contributed by atoms with Gasteiger partial charge >= 0.3 is 5.97 Å². The molecule has 9 unspecified atom stereocenters. The second-order valence-corrected chi connectivity index (χ2v) is 21.5. The first kappa shape index (κ1) is 48.6. The molecule has 4 aromatic heterocycles. The maximum atomic E-state index is 13.2. The van der Waals surface area contributed by atoms with Crippen molar-refractivity contribution in [2.75, 3.05) is 19.7 Å². The molecule has 6 aromatic rings. The van der Waals surface area contributed by atoms with Crippen LogP contribution in [0.2, 0.25) is 20.1 Å². The maximum Gasteiger partial charge on any atom is 0.320 e. The van der Waals surface area contributed by atoms with E-state index in [1.165, 1.54) is 0 Å². The van der Waals surface area contributed by atoms with E-state index < -0.39 is 18.1 Å². The van der Waals surface area contributed by atoms with Crippen LogP contribution in [0.5, 0.6) is 0 Å². The first-order chi connectivity index (χ1) is 33.7. The molecule has 0 radical (unpaired) electrons. The van der Waals surface area contributed by atoms with Crippen molar-refractivity contribution in [2.45, 2.75) is 115 Å². The first-order valence-electron chi connectivity index (χ1n) is 24.2. The van der Waals surface area contributed by atoms with E-state index >= 15 is 0 Å². The minimum Gasteiger partial charge on any atom is -0.480 e. The zero-order valence-electron chi connectivity index (χ0n) is 39.5. The predicted octanol–water partition coefficient (Wildman–Crippen LogP) is 10.6. The summed E-state index contributed by atoms with van der Waals surface area (Å²) < 4.78 is 3.64. The number of carboxylic acid groups (broad SMARTS) is 1. The smallest absolute Gasteiger partial charge is 0.320 e. The summed E-state index contributed by atoms with van der Waals surface area (Å²) in [4.78, 5) is 37.8. The van der Waals surface area contributed by atoms with Crippen molar-refractivity contribution in [3.05, 3.63) is 115 Å². The molecular formula is C52H55Cl4N11O3. The number of likely N-dealkylation sites (tertiary alicyclic amines) is 2. The average Bonchev–Trinajstić information content (AvgIpc) is 4.15. The number of rotatable bonds is 12. The zero-order chi connectivity index (χ0) is 49.1. The van der Waals surface area contributed by atoms with E-state index in [9.17, 15) is 20.3 Å². The van der Waals surface area contributed by atoms with Gasteiger partial charge in [0.15, 0.2) is 17.0 Å². The summed E-state index contributed by atoms with van der Waals surface area (Å²) >= 11 is 26.3. The Hall–Kier alpha value is -4.98. The minimum absolute atomic E-state index is 0.0427. The molecule has 0 bridgehead atoms. The number of nitriles is 1. The van der Waals surface area contributed by atoms with Gasteiger partial charge < -0.3 is 10.2 Å². The van der Waals surface area contributed by atoms with Gasteiger partial charge in [0.2, 0.25) is 0 Å². The number of hydrogen-bond donors (Lipinski definition) is 2. The number of aliphatic hydroxyl groups is 1. The van der Waals surface area contributed by atoms with Gasteiger partial charge in [-0.2, -0.15) is 15.5 Å².